The lowest BCUT2D eigenvalue weighted by molar-refractivity contribution is 0.103. The number of carbonyl (C=O) groups is 1. The van der Waals surface area contributed by atoms with Crippen molar-refractivity contribution in [1.82, 2.24) is 14.4 Å². The molecule has 0 spiro atoms. The van der Waals surface area contributed by atoms with Crippen LogP contribution in [0.25, 0.3) is 17.0 Å². The van der Waals surface area contributed by atoms with Crippen LogP contribution in [-0.2, 0) is 6.42 Å². The summed E-state index contributed by atoms with van der Waals surface area (Å²) < 4.78 is 2.07. The van der Waals surface area contributed by atoms with Gasteiger partial charge in [-0.3, -0.25) is 9.20 Å². The van der Waals surface area contributed by atoms with Crippen molar-refractivity contribution >= 4 is 50.0 Å². The van der Waals surface area contributed by atoms with Crippen LogP contribution in [-0.4, -0.2) is 25.4 Å². The number of phenols is 1. The van der Waals surface area contributed by atoms with Gasteiger partial charge in [0, 0.05) is 11.6 Å². The number of anilines is 3. The van der Waals surface area contributed by atoms with Gasteiger partial charge < -0.3 is 15.7 Å². The van der Waals surface area contributed by atoms with Crippen LogP contribution in [0.15, 0.2) is 66.3 Å². The Morgan fingerprint density at radius 1 is 1.18 bits per heavy atom. The first-order chi connectivity index (χ1) is 16.6. The molecule has 3 N–H and O–H groups in total. The smallest absolute Gasteiger partial charge is 0.265 e. The molecule has 34 heavy (non-hydrogen) atoms. The largest absolute Gasteiger partial charge is 0.506 e. The van der Waals surface area contributed by atoms with Crippen LogP contribution in [0.2, 0.25) is 0 Å². The average Bonchev–Trinajstić information content (AvgIpc) is 3.21. The summed E-state index contributed by atoms with van der Waals surface area (Å²) in [5.74, 6) is 0.608. The van der Waals surface area contributed by atoms with Gasteiger partial charge in [0.15, 0.2) is 5.13 Å². The van der Waals surface area contributed by atoms with Gasteiger partial charge in [0.25, 0.3) is 5.91 Å². The molecule has 1 aromatic carbocycles. The highest BCUT2D eigenvalue weighted by atomic mass is 32.1. The van der Waals surface area contributed by atoms with E-state index in [-0.39, 0.29) is 11.7 Å². The second-order valence-corrected chi connectivity index (χ2v) is 10.3. The highest BCUT2D eigenvalue weighted by Crippen LogP contribution is 2.34. The van der Waals surface area contributed by atoms with Crippen molar-refractivity contribution in [3.05, 3.63) is 76.7 Å². The van der Waals surface area contributed by atoms with E-state index in [1.54, 1.807) is 24.3 Å². The highest BCUT2D eigenvalue weighted by molar-refractivity contribution is 7.19. The van der Waals surface area contributed by atoms with E-state index in [0.717, 1.165) is 39.5 Å². The van der Waals surface area contributed by atoms with Gasteiger partial charge in [-0.05, 0) is 67.1 Å². The first kappa shape index (κ1) is 20.9. The van der Waals surface area contributed by atoms with Gasteiger partial charge in [-0.1, -0.05) is 12.1 Å². The number of amides is 1. The Kier molecular flexibility index (Phi) is 5.27. The summed E-state index contributed by atoms with van der Waals surface area (Å²) in [5.41, 5.74) is 4.46. The van der Waals surface area contributed by atoms with E-state index in [2.05, 4.69) is 38.3 Å². The second-order valence-electron chi connectivity index (χ2n) is 8.35. The fourth-order valence-corrected chi connectivity index (χ4v) is 5.42. The van der Waals surface area contributed by atoms with Crippen molar-refractivity contribution in [2.24, 2.45) is 5.92 Å². The average molecular weight is 488 g/mol. The predicted molar refractivity (Wildman–Crippen MR) is 136 cm³/mol. The van der Waals surface area contributed by atoms with Gasteiger partial charge in [0.1, 0.15) is 17.1 Å². The molecule has 0 atom stereocenters. The van der Waals surface area contributed by atoms with E-state index in [0.29, 0.717) is 10.6 Å². The lowest BCUT2D eigenvalue weighted by atomic mass is 10.1. The van der Waals surface area contributed by atoms with E-state index in [9.17, 15) is 9.90 Å². The summed E-state index contributed by atoms with van der Waals surface area (Å²) in [5, 5.41) is 19.4. The summed E-state index contributed by atoms with van der Waals surface area (Å²) in [7, 11) is 0. The fourth-order valence-electron chi connectivity index (χ4n) is 3.84. The van der Waals surface area contributed by atoms with Crippen LogP contribution in [0, 0.1) is 5.92 Å². The highest BCUT2D eigenvalue weighted by Gasteiger charge is 2.22. The van der Waals surface area contributed by atoms with Crippen LogP contribution in [0.5, 0.6) is 5.75 Å². The minimum atomic E-state index is -0.272. The number of imidazole rings is 1. The predicted octanol–water partition coefficient (Wildman–Crippen LogP) is 6.17. The minimum absolute atomic E-state index is 0.0348. The molecule has 4 aromatic heterocycles. The molecule has 1 aliphatic carbocycles. The summed E-state index contributed by atoms with van der Waals surface area (Å²) >= 11 is 2.83. The van der Waals surface area contributed by atoms with Gasteiger partial charge in [0.2, 0.25) is 0 Å². The maximum absolute atomic E-state index is 12.5. The number of benzene rings is 1. The Balaban J connectivity index is 1.16. The zero-order valence-corrected chi connectivity index (χ0v) is 19.7. The number of para-hydroxylation sites is 2. The van der Waals surface area contributed by atoms with Crippen molar-refractivity contribution in [2.45, 2.75) is 19.3 Å². The molecule has 0 saturated heterocycles. The molecule has 7 nitrogen and oxygen atoms in total. The number of nitrogens with one attached hydrogen (secondary N) is 2. The van der Waals surface area contributed by atoms with E-state index in [4.69, 9.17) is 4.98 Å². The summed E-state index contributed by atoms with van der Waals surface area (Å²) in [6.07, 6.45) is 7.76. The van der Waals surface area contributed by atoms with Gasteiger partial charge in [-0.15, -0.1) is 22.7 Å². The Morgan fingerprint density at radius 2 is 2.06 bits per heavy atom. The van der Waals surface area contributed by atoms with Gasteiger partial charge >= 0.3 is 0 Å². The van der Waals surface area contributed by atoms with Gasteiger partial charge in [-0.2, -0.15) is 0 Å². The van der Waals surface area contributed by atoms with E-state index in [1.807, 2.05) is 17.6 Å². The normalized spacial score (nSPS) is 13.3. The Hall–Kier alpha value is -3.69. The van der Waals surface area contributed by atoms with Crippen LogP contribution >= 0.6 is 22.7 Å². The first-order valence-corrected chi connectivity index (χ1v) is 12.7. The van der Waals surface area contributed by atoms with Crippen LogP contribution in [0.3, 0.4) is 0 Å². The third-order valence-corrected chi connectivity index (χ3v) is 7.53. The molecule has 1 fully saturated rings. The first-order valence-electron chi connectivity index (χ1n) is 11.0. The molecule has 0 unspecified atom stereocenters. The molecule has 1 saturated carbocycles. The number of carbonyl (C=O) groups excluding carboxylic acids is 1. The number of pyridine rings is 1. The van der Waals surface area contributed by atoms with Crippen molar-refractivity contribution in [3.63, 3.8) is 0 Å². The maximum Gasteiger partial charge on any atom is 0.265 e. The molecule has 6 rings (SSSR count). The zero-order valence-electron chi connectivity index (χ0n) is 18.1. The number of hydrogen-bond donors (Lipinski definition) is 3. The van der Waals surface area contributed by atoms with Crippen LogP contribution in [0.4, 0.5) is 15.8 Å². The summed E-state index contributed by atoms with van der Waals surface area (Å²) in [6.45, 7) is 0. The zero-order chi connectivity index (χ0) is 23.1. The molecule has 9 heteroatoms. The number of rotatable bonds is 7. The number of aromatic hydroxyl groups is 1. The molecule has 0 bridgehead atoms. The third kappa shape index (κ3) is 4.27. The number of hydrogen-bond acceptors (Lipinski definition) is 7. The molecule has 4 heterocycles. The molecule has 0 aliphatic heterocycles. The SMILES string of the molecule is O=C(Nc1ccccc1O)c1ccc(Nc2nc(-c3cnc4cc(CC5CC5)ccn34)cs2)s1. The second kappa shape index (κ2) is 8.58. The molecule has 170 valence electrons. The van der Waals surface area contributed by atoms with E-state index >= 15 is 0 Å². The van der Waals surface area contributed by atoms with Crippen molar-refractivity contribution in [2.75, 3.05) is 10.6 Å². The number of aromatic nitrogens is 3. The molecule has 1 amide bonds. The van der Waals surface area contributed by atoms with Crippen molar-refractivity contribution in [1.29, 1.82) is 0 Å². The van der Waals surface area contributed by atoms with E-state index < -0.39 is 0 Å². The molecule has 1 aliphatic rings. The maximum atomic E-state index is 12.5. The molecular weight excluding hydrogens is 466 g/mol. The fraction of sp³-hybridized carbons (Fsp3) is 0.160. The lowest BCUT2D eigenvalue weighted by Gasteiger charge is -2.05. The van der Waals surface area contributed by atoms with Crippen LogP contribution in [0.1, 0.15) is 28.1 Å². The standard InChI is InChI=1S/C25H21N5O2S2/c31-20-4-2-1-3-17(20)27-24(32)21-7-8-23(34-21)29-25-28-18(14-33-25)19-13-26-22-12-16(9-10-30(19)22)11-15-5-6-15/h1-4,7-10,12-15,31H,5-6,11H2,(H,27,32)(H,28,29). The van der Waals surface area contributed by atoms with Gasteiger partial charge in [-0.25, -0.2) is 9.97 Å². The number of thiazole rings is 1. The number of phenolic OH excluding ortho intramolecular Hbond substituents is 1. The summed E-state index contributed by atoms with van der Waals surface area (Å²) in [6, 6.07) is 14.6. The Labute approximate surface area is 203 Å². The summed E-state index contributed by atoms with van der Waals surface area (Å²) in [4.78, 5) is 22.4. The quantitative estimate of drug-likeness (QED) is 0.239. The van der Waals surface area contributed by atoms with Gasteiger partial charge in [0.05, 0.1) is 27.5 Å². The van der Waals surface area contributed by atoms with Crippen molar-refractivity contribution < 1.29 is 9.90 Å². The number of thiophene rings is 1. The van der Waals surface area contributed by atoms with E-state index in [1.165, 1.54) is 47.1 Å². The topological polar surface area (TPSA) is 91.5 Å². The Bertz CT molecular complexity index is 1500. The number of nitrogens with zero attached hydrogens (tertiary/aromatic N) is 3. The molecular formula is C25H21N5O2S2. The minimum Gasteiger partial charge on any atom is -0.506 e. The molecule has 0 radical (unpaired) electrons. The Morgan fingerprint density at radius 3 is 2.91 bits per heavy atom. The monoisotopic (exact) mass is 487 g/mol. The lowest BCUT2D eigenvalue weighted by Crippen LogP contribution is -2.09. The third-order valence-electron chi connectivity index (χ3n) is 5.78. The van der Waals surface area contributed by atoms with Crippen LogP contribution < -0.4 is 10.6 Å². The molecule has 5 aromatic rings. The number of fused-ring (bicyclic) bond motifs is 1. The van der Waals surface area contributed by atoms with Crippen molar-refractivity contribution in [3.8, 4) is 17.1 Å².